The SMILES string of the molecule is COC(C)c1nsc(-n2cc(N)c(C(=O)O)n2)n1. The minimum Gasteiger partial charge on any atom is -0.476 e. The quantitative estimate of drug-likeness (QED) is 0.839. The van der Waals surface area contributed by atoms with Crippen molar-refractivity contribution in [2.75, 3.05) is 12.8 Å². The van der Waals surface area contributed by atoms with Crippen LogP contribution in [-0.4, -0.2) is 37.3 Å². The molecule has 0 saturated heterocycles. The van der Waals surface area contributed by atoms with Crippen molar-refractivity contribution < 1.29 is 14.6 Å². The fourth-order valence-electron chi connectivity index (χ4n) is 1.24. The normalized spacial score (nSPS) is 12.6. The van der Waals surface area contributed by atoms with Crippen molar-refractivity contribution in [3.05, 3.63) is 17.7 Å². The molecule has 0 bridgehead atoms. The summed E-state index contributed by atoms with van der Waals surface area (Å²) in [6, 6.07) is 0. The van der Waals surface area contributed by atoms with Crippen LogP contribution in [-0.2, 0) is 4.74 Å². The predicted molar refractivity (Wildman–Crippen MR) is 63.8 cm³/mol. The zero-order chi connectivity index (χ0) is 13.3. The Morgan fingerprint density at radius 2 is 2.39 bits per heavy atom. The zero-order valence-corrected chi connectivity index (χ0v) is 10.5. The van der Waals surface area contributed by atoms with Gasteiger partial charge in [0, 0.05) is 18.6 Å². The third-order valence-electron chi connectivity index (χ3n) is 2.29. The van der Waals surface area contributed by atoms with Crippen molar-refractivity contribution >= 4 is 23.2 Å². The van der Waals surface area contributed by atoms with Crippen LogP contribution in [0.2, 0.25) is 0 Å². The molecule has 2 aromatic rings. The Morgan fingerprint density at radius 3 is 2.94 bits per heavy atom. The number of rotatable bonds is 4. The first-order valence-corrected chi connectivity index (χ1v) is 5.75. The molecule has 0 fully saturated rings. The van der Waals surface area contributed by atoms with E-state index in [0.29, 0.717) is 11.0 Å². The number of nitrogen functional groups attached to an aromatic ring is 1. The molecule has 0 aliphatic rings. The lowest BCUT2D eigenvalue weighted by atomic mass is 10.4. The van der Waals surface area contributed by atoms with Crippen LogP contribution >= 0.6 is 11.5 Å². The van der Waals surface area contributed by atoms with Crippen LogP contribution in [0.25, 0.3) is 5.13 Å². The fourth-order valence-corrected chi connectivity index (χ4v) is 1.92. The number of carboxylic acids is 1. The lowest BCUT2D eigenvalue weighted by Crippen LogP contribution is -2.03. The van der Waals surface area contributed by atoms with Crippen molar-refractivity contribution in [1.29, 1.82) is 0 Å². The molecular weight excluding hydrogens is 258 g/mol. The van der Waals surface area contributed by atoms with Gasteiger partial charge in [-0.15, -0.1) is 0 Å². The molecule has 0 aliphatic heterocycles. The van der Waals surface area contributed by atoms with Gasteiger partial charge in [-0.05, 0) is 6.92 Å². The third-order valence-corrected chi connectivity index (χ3v) is 3.01. The highest BCUT2D eigenvalue weighted by molar-refractivity contribution is 7.08. The molecule has 0 aromatic carbocycles. The van der Waals surface area contributed by atoms with Crippen molar-refractivity contribution in [3.63, 3.8) is 0 Å². The van der Waals surface area contributed by atoms with E-state index >= 15 is 0 Å². The lowest BCUT2D eigenvalue weighted by Gasteiger charge is -2.02. The molecule has 96 valence electrons. The van der Waals surface area contributed by atoms with E-state index in [1.807, 2.05) is 6.92 Å². The summed E-state index contributed by atoms with van der Waals surface area (Å²) in [4.78, 5) is 15.0. The summed E-state index contributed by atoms with van der Waals surface area (Å²) < 4.78 is 10.5. The predicted octanol–water partition coefficient (Wildman–Crippen LogP) is 0.712. The zero-order valence-electron chi connectivity index (χ0n) is 9.69. The number of ether oxygens (including phenoxy) is 1. The lowest BCUT2D eigenvalue weighted by molar-refractivity contribution is 0.0691. The largest absolute Gasteiger partial charge is 0.476 e. The van der Waals surface area contributed by atoms with Crippen molar-refractivity contribution in [1.82, 2.24) is 19.1 Å². The van der Waals surface area contributed by atoms with E-state index < -0.39 is 5.97 Å². The molecule has 0 spiro atoms. The van der Waals surface area contributed by atoms with E-state index in [2.05, 4.69) is 14.5 Å². The first-order chi connectivity index (χ1) is 8.52. The molecule has 3 N–H and O–H groups in total. The molecule has 9 heteroatoms. The Morgan fingerprint density at radius 1 is 1.67 bits per heavy atom. The van der Waals surface area contributed by atoms with E-state index in [4.69, 9.17) is 15.6 Å². The summed E-state index contributed by atoms with van der Waals surface area (Å²) in [6.45, 7) is 1.81. The van der Waals surface area contributed by atoms with E-state index in [9.17, 15) is 4.79 Å². The number of nitrogens with zero attached hydrogens (tertiary/aromatic N) is 4. The van der Waals surface area contributed by atoms with Crippen LogP contribution in [0.5, 0.6) is 0 Å². The number of carbonyl (C=O) groups is 1. The molecule has 0 radical (unpaired) electrons. The van der Waals surface area contributed by atoms with E-state index in [1.54, 1.807) is 7.11 Å². The van der Waals surface area contributed by atoms with Gasteiger partial charge in [0.25, 0.3) is 0 Å². The Kier molecular flexibility index (Phi) is 3.26. The molecule has 0 aliphatic carbocycles. The second kappa shape index (κ2) is 4.70. The molecule has 0 saturated carbocycles. The van der Waals surface area contributed by atoms with E-state index in [-0.39, 0.29) is 17.5 Å². The summed E-state index contributed by atoms with van der Waals surface area (Å²) in [6.07, 6.45) is 1.16. The highest BCUT2D eigenvalue weighted by atomic mass is 32.1. The highest BCUT2D eigenvalue weighted by Gasteiger charge is 2.17. The Labute approximate surface area is 106 Å². The monoisotopic (exact) mass is 269 g/mol. The maximum absolute atomic E-state index is 10.8. The van der Waals surface area contributed by atoms with E-state index in [0.717, 1.165) is 11.5 Å². The average Bonchev–Trinajstić information content (AvgIpc) is 2.93. The molecule has 2 aromatic heterocycles. The second-order valence-electron chi connectivity index (χ2n) is 3.50. The maximum atomic E-state index is 10.8. The summed E-state index contributed by atoms with van der Waals surface area (Å²) in [5.74, 6) is -0.662. The molecule has 18 heavy (non-hydrogen) atoms. The summed E-state index contributed by atoms with van der Waals surface area (Å²) in [7, 11) is 1.56. The molecule has 1 atom stereocenters. The standard InChI is InChI=1S/C9H11N5O3S/c1-4(17-2)7-11-9(18-13-7)14-3-5(10)6(12-14)8(15)16/h3-4H,10H2,1-2H3,(H,15,16). The Bertz CT molecular complexity index is 579. The smallest absolute Gasteiger partial charge is 0.358 e. The fraction of sp³-hybridized carbons (Fsp3) is 0.333. The van der Waals surface area contributed by atoms with Crippen LogP contribution in [0, 0.1) is 0 Å². The molecule has 2 heterocycles. The number of aromatic nitrogens is 4. The van der Waals surface area contributed by atoms with Gasteiger partial charge in [-0.25, -0.2) is 9.48 Å². The summed E-state index contributed by atoms with van der Waals surface area (Å²) in [5, 5.41) is 13.1. The van der Waals surface area contributed by atoms with Gasteiger partial charge in [-0.3, -0.25) is 0 Å². The minimum atomic E-state index is -1.18. The number of nitrogens with two attached hydrogens (primary N) is 1. The first-order valence-electron chi connectivity index (χ1n) is 4.98. The van der Waals surface area contributed by atoms with Gasteiger partial charge in [-0.2, -0.15) is 14.5 Å². The van der Waals surface area contributed by atoms with Crippen molar-refractivity contribution in [2.24, 2.45) is 0 Å². The Balaban J connectivity index is 2.34. The van der Waals surface area contributed by atoms with E-state index in [1.165, 1.54) is 10.9 Å². The average molecular weight is 269 g/mol. The van der Waals surface area contributed by atoms with Crippen molar-refractivity contribution in [2.45, 2.75) is 13.0 Å². The Hall–Kier alpha value is -2.00. The molecular formula is C9H11N5O3S. The highest BCUT2D eigenvalue weighted by Crippen LogP contribution is 2.19. The van der Waals surface area contributed by atoms with Gasteiger partial charge in [-0.1, -0.05) is 0 Å². The van der Waals surface area contributed by atoms with Crippen LogP contribution in [0.15, 0.2) is 6.20 Å². The van der Waals surface area contributed by atoms with Gasteiger partial charge in [0.2, 0.25) is 5.13 Å². The molecule has 8 nitrogen and oxygen atoms in total. The van der Waals surface area contributed by atoms with Crippen LogP contribution < -0.4 is 5.73 Å². The number of anilines is 1. The number of methoxy groups -OCH3 is 1. The van der Waals surface area contributed by atoms with Crippen LogP contribution in [0.1, 0.15) is 29.3 Å². The summed E-state index contributed by atoms with van der Waals surface area (Å²) >= 11 is 1.09. The number of aromatic carboxylic acids is 1. The van der Waals surface area contributed by atoms with Gasteiger partial charge in [0.15, 0.2) is 11.5 Å². The van der Waals surface area contributed by atoms with Crippen LogP contribution in [0.4, 0.5) is 5.69 Å². The van der Waals surface area contributed by atoms with Gasteiger partial charge >= 0.3 is 5.97 Å². The van der Waals surface area contributed by atoms with Crippen molar-refractivity contribution in [3.8, 4) is 5.13 Å². The second-order valence-corrected chi connectivity index (χ2v) is 4.23. The maximum Gasteiger partial charge on any atom is 0.358 e. The van der Waals surface area contributed by atoms with Crippen LogP contribution in [0.3, 0.4) is 0 Å². The first kappa shape index (κ1) is 12.5. The van der Waals surface area contributed by atoms with Gasteiger partial charge < -0.3 is 15.6 Å². The number of carboxylic acid groups (broad SMARTS) is 1. The van der Waals surface area contributed by atoms with Gasteiger partial charge in [0.1, 0.15) is 6.10 Å². The van der Waals surface area contributed by atoms with Gasteiger partial charge in [0.05, 0.1) is 11.9 Å². The topological polar surface area (TPSA) is 116 Å². The third kappa shape index (κ3) is 2.17. The molecule has 0 amide bonds. The number of hydrogen-bond acceptors (Lipinski definition) is 7. The summed E-state index contributed by atoms with van der Waals surface area (Å²) in [5.41, 5.74) is 5.42. The minimum absolute atomic E-state index is 0.0824. The molecule has 1 unspecified atom stereocenters. The molecule has 2 rings (SSSR count). The number of hydrogen-bond donors (Lipinski definition) is 2.